The Kier molecular flexibility index (Phi) is 5.32. The molecule has 1 heteroatoms. The summed E-state index contributed by atoms with van der Waals surface area (Å²) in [6.07, 6.45) is 22.9. The lowest BCUT2D eigenvalue weighted by molar-refractivity contribution is 0.279. The van der Waals surface area contributed by atoms with E-state index in [9.17, 15) is 0 Å². The molecule has 5 unspecified atom stereocenters. The standard InChI is InChI=1S/C21H38S/c1-5-17-10-6-8-12-19(17)16(2)22(3,4)21-15-14-18-11-7-9-13-20(18)21/h5,16,18-21H,6-15H2,1-4H3/b17-5-. The van der Waals surface area contributed by atoms with E-state index in [1.807, 2.05) is 0 Å². The molecule has 3 fully saturated rings. The Labute approximate surface area is 140 Å². The lowest BCUT2D eigenvalue weighted by Gasteiger charge is -2.51. The van der Waals surface area contributed by atoms with Crippen molar-refractivity contribution in [2.24, 2.45) is 17.8 Å². The summed E-state index contributed by atoms with van der Waals surface area (Å²) >= 11 is 0. The highest BCUT2D eigenvalue weighted by molar-refractivity contribution is 8.33. The van der Waals surface area contributed by atoms with Gasteiger partial charge in [-0.1, -0.05) is 44.3 Å². The van der Waals surface area contributed by atoms with Gasteiger partial charge >= 0.3 is 0 Å². The Morgan fingerprint density at radius 1 is 0.955 bits per heavy atom. The van der Waals surface area contributed by atoms with Crippen LogP contribution in [0, 0.1) is 17.8 Å². The summed E-state index contributed by atoms with van der Waals surface area (Å²) < 4.78 is 0. The minimum Gasteiger partial charge on any atom is -0.241 e. The largest absolute Gasteiger partial charge is 0.241 e. The van der Waals surface area contributed by atoms with Crippen molar-refractivity contribution in [3.8, 4) is 0 Å². The van der Waals surface area contributed by atoms with Crippen LogP contribution in [0.3, 0.4) is 0 Å². The van der Waals surface area contributed by atoms with E-state index in [0.717, 1.165) is 28.3 Å². The van der Waals surface area contributed by atoms with E-state index in [-0.39, 0.29) is 0 Å². The summed E-state index contributed by atoms with van der Waals surface area (Å²) in [5.74, 6) is 3.11. The molecule has 0 saturated heterocycles. The molecular weight excluding hydrogens is 284 g/mol. The molecule has 3 saturated carbocycles. The van der Waals surface area contributed by atoms with E-state index in [1.54, 1.807) is 31.3 Å². The molecule has 0 bridgehead atoms. The molecule has 0 N–H and O–H groups in total. The SMILES string of the molecule is C/C=C1/CCCCC1C(C)S(C)(C)C1CCC2CCCCC21. The predicted molar refractivity (Wildman–Crippen MR) is 103 cm³/mol. The zero-order chi connectivity index (χ0) is 15.7. The van der Waals surface area contributed by atoms with Crippen LogP contribution in [0.4, 0.5) is 0 Å². The van der Waals surface area contributed by atoms with Gasteiger partial charge in [-0.3, -0.25) is 0 Å². The first-order chi connectivity index (χ1) is 10.6. The number of hydrogen-bond donors (Lipinski definition) is 0. The molecule has 3 aliphatic carbocycles. The molecule has 22 heavy (non-hydrogen) atoms. The van der Waals surface area contributed by atoms with Crippen LogP contribution in [0.5, 0.6) is 0 Å². The third-order valence-corrected chi connectivity index (χ3v) is 12.0. The van der Waals surface area contributed by atoms with Crippen LogP contribution in [0.2, 0.25) is 0 Å². The van der Waals surface area contributed by atoms with Crippen molar-refractivity contribution in [2.75, 3.05) is 12.5 Å². The fourth-order valence-corrected chi connectivity index (χ4v) is 9.80. The van der Waals surface area contributed by atoms with Gasteiger partial charge in [-0.2, -0.15) is 0 Å². The molecule has 5 atom stereocenters. The fourth-order valence-electron chi connectivity index (χ4n) is 6.09. The lowest BCUT2D eigenvalue weighted by atomic mass is 9.81. The normalized spacial score (nSPS) is 40.5. The van der Waals surface area contributed by atoms with Crippen molar-refractivity contribution >= 4 is 10.0 Å². The maximum absolute atomic E-state index is 2.71. The van der Waals surface area contributed by atoms with Gasteiger partial charge < -0.3 is 0 Å². The molecule has 0 nitrogen and oxygen atoms in total. The second kappa shape index (κ2) is 6.91. The van der Waals surface area contributed by atoms with Gasteiger partial charge in [0.05, 0.1) is 0 Å². The second-order valence-electron chi connectivity index (χ2n) is 8.73. The zero-order valence-electron chi connectivity index (χ0n) is 15.4. The zero-order valence-corrected chi connectivity index (χ0v) is 16.3. The molecule has 128 valence electrons. The van der Waals surface area contributed by atoms with Crippen molar-refractivity contribution in [1.29, 1.82) is 0 Å². The summed E-state index contributed by atoms with van der Waals surface area (Å²) in [7, 11) is -0.493. The smallest absolute Gasteiger partial charge is 0.00769 e. The predicted octanol–water partition coefficient (Wildman–Crippen LogP) is 6.54. The van der Waals surface area contributed by atoms with Crippen molar-refractivity contribution < 1.29 is 0 Å². The van der Waals surface area contributed by atoms with Gasteiger partial charge in [0.25, 0.3) is 0 Å². The summed E-state index contributed by atoms with van der Waals surface area (Å²) in [4.78, 5) is 0. The molecule has 0 aromatic heterocycles. The van der Waals surface area contributed by atoms with Crippen LogP contribution in [0.15, 0.2) is 11.6 Å². The Morgan fingerprint density at radius 3 is 2.45 bits per heavy atom. The van der Waals surface area contributed by atoms with E-state index in [0.29, 0.717) is 0 Å². The molecule has 3 rings (SSSR count). The molecule has 0 aliphatic heterocycles. The highest BCUT2D eigenvalue weighted by Gasteiger charge is 2.45. The quantitative estimate of drug-likeness (QED) is 0.517. The molecule has 0 radical (unpaired) electrons. The second-order valence-corrected chi connectivity index (χ2v) is 13.1. The van der Waals surface area contributed by atoms with Crippen LogP contribution in [0.1, 0.15) is 78.1 Å². The third-order valence-electron chi connectivity index (χ3n) is 7.65. The number of hydrogen-bond acceptors (Lipinski definition) is 0. The highest BCUT2D eigenvalue weighted by Crippen LogP contribution is 2.63. The van der Waals surface area contributed by atoms with Crippen molar-refractivity contribution in [3.05, 3.63) is 11.6 Å². The number of allylic oxidation sites excluding steroid dienone is 2. The summed E-state index contributed by atoms with van der Waals surface area (Å²) in [6, 6.07) is 0. The third kappa shape index (κ3) is 3.04. The minimum atomic E-state index is -0.493. The minimum absolute atomic E-state index is 0.493. The Bertz CT molecular complexity index is 408. The van der Waals surface area contributed by atoms with E-state index >= 15 is 0 Å². The maximum atomic E-state index is 2.71. The summed E-state index contributed by atoms with van der Waals surface area (Å²) in [6.45, 7) is 4.92. The molecule has 0 amide bonds. The first-order valence-corrected chi connectivity index (χ1v) is 12.5. The van der Waals surface area contributed by atoms with E-state index < -0.39 is 10.0 Å². The van der Waals surface area contributed by atoms with Crippen LogP contribution in [-0.4, -0.2) is 23.0 Å². The topological polar surface area (TPSA) is 0 Å². The lowest BCUT2D eigenvalue weighted by Crippen LogP contribution is -2.36. The van der Waals surface area contributed by atoms with Gasteiger partial charge in [-0.15, -0.1) is 0 Å². The Balaban J connectivity index is 1.76. The van der Waals surface area contributed by atoms with E-state index in [1.165, 1.54) is 38.5 Å². The van der Waals surface area contributed by atoms with Crippen LogP contribution >= 0.6 is 10.0 Å². The van der Waals surface area contributed by atoms with E-state index in [4.69, 9.17) is 0 Å². The number of fused-ring (bicyclic) bond motifs is 1. The van der Waals surface area contributed by atoms with Gasteiger partial charge in [0, 0.05) is 0 Å². The maximum Gasteiger partial charge on any atom is -0.00769 e. The first kappa shape index (κ1) is 16.9. The number of rotatable bonds is 3. The summed E-state index contributed by atoms with van der Waals surface area (Å²) in [5, 5.41) is 2.01. The van der Waals surface area contributed by atoms with Gasteiger partial charge in [-0.25, -0.2) is 10.0 Å². The van der Waals surface area contributed by atoms with Crippen molar-refractivity contribution in [3.63, 3.8) is 0 Å². The van der Waals surface area contributed by atoms with Crippen molar-refractivity contribution in [1.82, 2.24) is 0 Å². The van der Waals surface area contributed by atoms with Crippen LogP contribution < -0.4 is 0 Å². The van der Waals surface area contributed by atoms with Gasteiger partial charge in [0.2, 0.25) is 0 Å². The average molecular weight is 323 g/mol. The monoisotopic (exact) mass is 322 g/mol. The molecular formula is C21H38S. The summed E-state index contributed by atoms with van der Waals surface area (Å²) in [5.41, 5.74) is 1.80. The molecule has 0 heterocycles. The molecule has 0 aromatic carbocycles. The van der Waals surface area contributed by atoms with Crippen LogP contribution in [0.25, 0.3) is 0 Å². The molecule has 3 aliphatic rings. The van der Waals surface area contributed by atoms with E-state index in [2.05, 4.69) is 32.4 Å². The first-order valence-electron chi connectivity index (χ1n) is 9.91. The molecule has 0 spiro atoms. The van der Waals surface area contributed by atoms with Crippen molar-refractivity contribution in [2.45, 2.75) is 88.6 Å². The van der Waals surface area contributed by atoms with Gasteiger partial charge in [0.15, 0.2) is 0 Å². The molecule has 0 aromatic rings. The highest BCUT2D eigenvalue weighted by atomic mass is 32.3. The fraction of sp³-hybridized carbons (Fsp3) is 0.905. The van der Waals surface area contributed by atoms with Gasteiger partial charge in [-0.05, 0) is 86.2 Å². The van der Waals surface area contributed by atoms with Gasteiger partial charge in [0.1, 0.15) is 0 Å². The average Bonchev–Trinajstić information content (AvgIpc) is 2.98. The van der Waals surface area contributed by atoms with Crippen LogP contribution in [-0.2, 0) is 0 Å². The Morgan fingerprint density at radius 2 is 1.68 bits per heavy atom. The Hall–Kier alpha value is 0.0900.